The van der Waals surface area contributed by atoms with E-state index in [0.717, 1.165) is 12.1 Å². The van der Waals surface area contributed by atoms with Crippen LogP contribution in [-0.4, -0.2) is 12.4 Å². The molecule has 0 amide bonds. The lowest BCUT2D eigenvalue weighted by molar-refractivity contribution is -0.138. The Balaban J connectivity index is 3.53. The molecule has 0 bridgehead atoms. The quantitative estimate of drug-likeness (QED) is 0.774. The van der Waals surface area contributed by atoms with Gasteiger partial charge in [0.15, 0.2) is 0 Å². The minimum atomic E-state index is -4.66. The molecule has 0 aliphatic heterocycles. The molecule has 1 rings (SSSR count). The molecule has 88 valence electrons. The number of methoxy groups -OCH3 is 1. The highest BCUT2D eigenvalue weighted by molar-refractivity contribution is 9.10. The molecule has 0 N–H and O–H groups in total. The summed E-state index contributed by atoms with van der Waals surface area (Å²) in [5.41, 5.74) is -1.74. The molecule has 1 aromatic carbocycles. The molecule has 0 saturated heterocycles. The summed E-state index contributed by atoms with van der Waals surface area (Å²) in [6.07, 6.45) is -4.66. The number of hydrogen-bond acceptors (Lipinski definition) is 2. The minimum absolute atomic E-state index is 0.115. The zero-order valence-corrected chi connectivity index (χ0v) is 10.2. The summed E-state index contributed by atoms with van der Waals surface area (Å²) < 4.78 is 42.3. The van der Waals surface area contributed by atoms with Crippen molar-refractivity contribution in [3.05, 3.63) is 27.7 Å². The third-order valence-corrected chi connectivity index (χ3v) is 2.62. The molecule has 1 aromatic rings. The lowest BCUT2D eigenvalue weighted by atomic mass is 10.1. The second-order valence-electron chi connectivity index (χ2n) is 2.80. The van der Waals surface area contributed by atoms with Gasteiger partial charge in [-0.1, -0.05) is 15.9 Å². The molecule has 0 aliphatic carbocycles. The predicted molar refractivity (Wildman–Crippen MR) is 55.9 cm³/mol. The highest BCUT2D eigenvalue weighted by atomic mass is 79.9. The molecule has 0 aliphatic rings. The van der Waals surface area contributed by atoms with Crippen LogP contribution in [0.1, 0.15) is 15.9 Å². The highest BCUT2D eigenvalue weighted by Gasteiger charge is 2.37. The van der Waals surface area contributed by atoms with Crippen LogP contribution in [0.15, 0.2) is 16.6 Å². The Kier molecular flexibility index (Phi) is 3.85. The van der Waals surface area contributed by atoms with Gasteiger partial charge in [0.05, 0.1) is 18.2 Å². The lowest BCUT2D eigenvalue weighted by Crippen LogP contribution is -2.12. The molecule has 0 atom stereocenters. The number of rotatable bonds is 2. The Labute approximate surface area is 102 Å². The smallest absolute Gasteiger partial charge is 0.418 e. The van der Waals surface area contributed by atoms with Gasteiger partial charge >= 0.3 is 6.18 Å². The van der Waals surface area contributed by atoms with Crippen LogP contribution in [-0.2, 0) is 6.18 Å². The van der Waals surface area contributed by atoms with Crippen LogP contribution in [0, 0.1) is 0 Å². The normalized spacial score (nSPS) is 11.4. The molecule has 7 heteroatoms. The van der Waals surface area contributed by atoms with Crippen LogP contribution < -0.4 is 4.74 Å². The van der Waals surface area contributed by atoms with Gasteiger partial charge in [0.25, 0.3) is 5.24 Å². The largest absolute Gasteiger partial charge is 0.497 e. The van der Waals surface area contributed by atoms with Gasteiger partial charge in [-0.15, -0.1) is 0 Å². The number of hydrogen-bond donors (Lipinski definition) is 0. The fourth-order valence-electron chi connectivity index (χ4n) is 1.14. The molecule has 0 radical (unpaired) electrons. The molecule has 0 spiro atoms. The van der Waals surface area contributed by atoms with E-state index in [4.69, 9.17) is 16.3 Å². The van der Waals surface area contributed by atoms with Crippen LogP contribution in [0.5, 0.6) is 5.75 Å². The third-order valence-electron chi connectivity index (χ3n) is 1.79. The van der Waals surface area contributed by atoms with Crippen LogP contribution in [0.2, 0.25) is 0 Å². The number of alkyl halides is 3. The average Bonchev–Trinajstić information content (AvgIpc) is 2.14. The first kappa shape index (κ1) is 13.3. The maximum atomic E-state index is 12.6. The number of ether oxygens (including phenoxy) is 1. The first-order valence-corrected chi connectivity index (χ1v) is 5.09. The Morgan fingerprint density at radius 2 is 2.00 bits per heavy atom. The molecular formula is C9H5BrClF3O2. The SMILES string of the molecule is COc1cc(Br)c(C(F)(F)F)c(C(=O)Cl)c1. The van der Waals surface area contributed by atoms with Gasteiger partial charge in [-0.2, -0.15) is 13.2 Å². The van der Waals surface area contributed by atoms with E-state index in [0.29, 0.717) is 0 Å². The highest BCUT2D eigenvalue weighted by Crippen LogP contribution is 2.40. The fraction of sp³-hybridized carbons (Fsp3) is 0.222. The van der Waals surface area contributed by atoms with Crippen molar-refractivity contribution in [2.24, 2.45) is 0 Å². The third kappa shape index (κ3) is 2.68. The summed E-state index contributed by atoms with van der Waals surface area (Å²) in [5.74, 6) is 0.115. The Morgan fingerprint density at radius 1 is 1.44 bits per heavy atom. The van der Waals surface area contributed by atoms with E-state index >= 15 is 0 Å². The summed E-state index contributed by atoms with van der Waals surface area (Å²) in [7, 11) is 1.28. The second kappa shape index (κ2) is 4.63. The van der Waals surface area contributed by atoms with E-state index in [1.165, 1.54) is 7.11 Å². The predicted octanol–water partition coefficient (Wildman–Crippen LogP) is 3.86. The zero-order chi connectivity index (χ0) is 12.5. The Bertz CT molecular complexity index is 431. The molecule has 2 nitrogen and oxygen atoms in total. The van der Waals surface area contributed by atoms with Crippen molar-refractivity contribution < 1.29 is 22.7 Å². The van der Waals surface area contributed by atoms with Crippen LogP contribution >= 0.6 is 27.5 Å². The number of benzene rings is 1. The van der Waals surface area contributed by atoms with E-state index in [2.05, 4.69) is 15.9 Å². The maximum absolute atomic E-state index is 12.6. The van der Waals surface area contributed by atoms with Gasteiger partial charge in [-0.05, 0) is 23.7 Å². The summed E-state index contributed by atoms with van der Waals surface area (Å²) in [5, 5.41) is -1.19. The van der Waals surface area contributed by atoms with Crippen molar-refractivity contribution in [3.8, 4) is 5.75 Å². The standard InChI is InChI=1S/C9H5BrClF3O2/c1-16-4-2-5(8(11)15)7(6(10)3-4)9(12,13)14/h2-3H,1H3. The van der Waals surface area contributed by atoms with Gasteiger partial charge in [0, 0.05) is 4.47 Å². The van der Waals surface area contributed by atoms with E-state index in [-0.39, 0.29) is 10.2 Å². The molecular weight excluding hydrogens is 312 g/mol. The molecule has 0 heterocycles. The monoisotopic (exact) mass is 316 g/mol. The second-order valence-corrected chi connectivity index (χ2v) is 4.00. The average molecular weight is 317 g/mol. The van der Waals surface area contributed by atoms with Gasteiger partial charge in [-0.25, -0.2) is 0 Å². The van der Waals surface area contributed by atoms with Crippen LogP contribution in [0.4, 0.5) is 13.2 Å². The van der Waals surface area contributed by atoms with Crippen molar-refractivity contribution in [2.45, 2.75) is 6.18 Å². The van der Waals surface area contributed by atoms with Crippen LogP contribution in [0.3, 0.4) is 0 Å². The lowest BCUT2D eigenvalue weighted by Gasteiger charge is -2.13. The van der Waals surface area contributed by atoms with E-state index in [9.17, 15) is 18.0 Å². The van der Waals surface area contributed by atoms with Crippen molar-refractivity contribution in [1.82, 2.24) is 0 Å². The topological polar surface area (TPSA) is 26.3 Å². The first-order chi connectivity index (χ1) is 7.27. The number of carbonyl (C=O) groups excluding carboxylic acids is 1. The van der Waals surface area contributed by atoms with E-state index in [1.54, 1.807) is 0 Å². The fourth-order valence-corrected chi connectivity index (χ4v) is 1.96. The number of halogens is 5. The number of carbonyl (C=O) groups is 1. The summed E-state index contributed by atoms with van der Waals surface area (Å²) in [6, 6.07) is 2.06. The molecule has 0 unspecified atom stereocenters. The summed E-state index contributed by atoms with van der Waals surface area (Å²) in [4.78, 5) is 10.9. The molecule has 0 saturated carbocycles. The molecule has 0 fully saturated rings. The van der Waals surface area contributed by atoms with Crippen molar-refractivity contribution in [2.75, 3.05) is 7.11 Å². The van der Waals surface area contributed by atoms with Crippen molar-refractivity contribution >= 4 is 32.8 Å². The molecule has 16 heavy (non-hydrogen) atoms. The summed E-state index contributed by atoms with van der Waals surface area (Å²) >= 11 is 7.83. The van der Waals surface area contributed by atoms with Gasteiger partial charge < -0.3 is 4.74 Å². The van der Waals surface area contributed by atoms with E-state index < -0.39 is 22.5 Å². The van der Waals surface area contributed by atoms with Crippen molar-refractivity contribution in [1.29, 1.82) is 0 Å². The van der Waals surface area contributed by atoms with Gasteiger partial charge in [0.2, 0.25) is 0 Å². The van der Waals surface area contributed by atoms with Crippen molar-refractivity contribution in [3.63, 3.8) is 0 Å². The Morgan fingerprint density at radius 3 is 2.38 bits per heavy atom. The Hall–Kier alpha value is -0.750. The van der Waals surface area contributed by atoms with Crippen LogP contribution in [0.25, 0.3) is 0 Å². The van der Waals surface area contributed by atoms with E-state index in [1.807, 2.05) is 0 Å². The summed E-state index contributed by atoms with van der Waals surface area (Å²) in [6.45, 7) is 0. The van der Waals surface area contributed by atoms with Gasteiger partial charge in [0.1, 0.15) is 5.75 Å². The van der Waals surface area contributed by atoms with Gasteiger partial charge in [-0.3, -0.25) is 4.79 Å². The zero-order valence-electron chi connectivity index (χ0n) is 7.86. The maximum Gasteiger partial charge on any atom is 0.418 e. The first-order valence-electron chi connectivity index (χ1n) is 3.92. The minimum Gasteiger partial charge on any atom is -0.497 e. The molecule has 0 aromatic heterocycles.